The molecule has 2 fully saturated rings. The molecule has 1 aromatic heterocycles. The Bertz CT molecular complexity index is 557. The molecule has 5 nitrogen and oxygen atoms in total. The second-order valence-electron chi connectivity index (χ2n) is 5.40. The lowest BCUT2D eigenvalue weighted by atomic mass is 9.81. The third-order valence-electron chi connectivity index (χ3n) is 4.05. The Kier molecular flexibility index (Phi) is 3.33. The van der Waals surface area contributed by atoms with E-state index >= 15 is 0 Å². The van der Waals surface area contributed by atoms with Crippen molar-refractivity contribution in [1.82, 2.24) is 10.4 Å². The van der Waals surface area contributed by atoms with Crippen LogP contribution in [0, 0.1) is 18.8 Å². The fraction of sp³-hybridized carbons (Fsp3) is 0.500. The van der Waals surface area contributed by atoms with E-state index in [-0.39, 0.29) is 23.7 Å². The van der Waals surface area contributed by atoms with Gasteiger partial charge in [-0.3, -0.25) is 19.8 Å². The van der Waals surface area contributed by atoms with Crippen molar-refractivity contribution in [2.75, 3.05) is 0 Å². The molecule has 1 N–H and O–H groups in total. The summed E-state index contributed by atoms with van der Waals surface area (Å²) in [6, 6.07) is 1.75. The van der Waals surface area contributed by atoms with E-state index in [2.05, 4.69) is 5.43 Å². The molecule has 3 amide bonds. The van der Waals surface area contributed by atoms with Gasteiger partial charge in [-0.2, -0.15) is 5.01 Å². The monoisotopic (exact) mass is 292 g/mol. The number of carbonyl (C=O) groups is 3. The van der Waals surface area contributed by atoms with Crippen LogP contribution in [0.3, 0.4) is 0 Å². The Labute approximate surface area is 120 Å². The molecule has 1 saturated heterocycles. The summed E-state index contributed by atoms with van der Waals surface area (Å²) in [7, 11) is 0. The number of nitrogens with one attached hydrogen (secondary N) is 1. The summed E-state index contributed by atoms with van der Waals surface area (Å²) >= 11 is 1.46. The third-order valence-corrected chi connectivity index (χ3v) is 4.91. The predicted octanol–water partition coefficient (Wildman–Crippen LogP) is 1.88. The summed E-state index contributed by atoms with van der Waals surface area (Å²) in [5.41, 5.74) is 2.96. The van der Waals surface area contributed by atoms with Crippen LogP contribution in [0.4, 0.5) is 0 Å². The lowest BCUT2D eigenvalue weighted by molar-refractivity contribution is -0.142. The number of amides is 3. The van der Waals surface area contributed by atoms with E-state index in [0.717, 1.165) is 35.6 Å². The largest absolute Gasteiger partial charge is 0.272 e. The second-order valence-corrected chi connectivity index (χ2v) is 6.51. The minimum atomic E-state index is -0.394. The van der Waals surface area contributed by atoms with Crippen molar-refractivity contribution in [3.8, 4) is 0 Å². The number of fused-ring (bicyclic) bond motifs is 1. The van der Waals surface area contributed by atoms with Gasteiger partial charge in [-0.05, 0) is 25.8 Å². The molecule has 0 radical (unpaired) electrons. The van der Waals surface area contributed by atoms with E-state index in [9.17, 15) is 14.4 Å². The summed E-state index contributed by atoms with van der Waals surface area (Å²) in [4.78, 5) is 37.5. The molecule has 1 aliphatic heterocycles. The first-order valence-electron chi connectivity index (χ1n) is 6.82. The molecule has 1 aliphatic carbocycles. The molecule has 1 aromatic rings. The summed E-state index contributed by atoms with van der Waals surface area (Å²) < 4.78 is 0. The van der Waals surface area contributed by atoms with Crippen molar-refractivity contribution < 1.29 is 14.4 Å². The summed E-state index contributed by atoms with van der Waals surface area (Å²) in [5.74, 6) is -1.36. The Hall–Kier alpha value is -1.69. The van der Waals surface area contributed by atoms with Gasteiger partial charge in [0.05, 0.1) is 17.4 Å². The van der Waals surface area contributed by atoms with Crippen LogP contribution in [0.2, 0.25) is 0 Å². The van der Waals surface area contributed by atoms with E-state index in [1.807, 2.05) is 6.92 Å². The van der Waals surface area contributed by atoms with Gasteiger partial charge in [0.1, 0.15) is 0 Å². The summed E-state index contributed by atoms with van der Waals surface area (Å²) in [5, 5.41) is 2.67. The van der Waals surface area contributed by atoms with Crippen molar-refractivity contribution in [3.63, 3.8) is 0 Å². The smallest absolute Gasteiger partial charge is 0.271 e. The maximum atomic E-state index is 12.2. The van der Waals surface area contributed by atoms with Crippen molar-refractivity contribution in [2.24, 2.45) is 11.8 Å². The first-order valence-corrected chi connectivity index (χ1v) is 7.70. The number of hydrogen-bond acceptors (Lipinski definition) is 4. The Morgan fingerprint density at radius 1 is 1.25 bits per heavy atom. The molecule has 6 heteroatoms. The fourth-order valence-electron chi connectivity index (χ4n) is 3.00. The number of hydrogen-bond donors (Lipinski definition) is 1. The molecular formula is C14H16N2O3S. The highest BCUT2D eigenvalue weighted by Crippen LogP contribution is 2.37. The zero-order chi connectivity index (χ0) is 14.3. The van der Waals surface area contributed by atoms with Gasteiger partial charge in [-0.25, -0.2) is 0 Å². The van der Waals surface area contributed by atoms with Crippen molar-refractivity contribution in [2.45, 2.75) is 32.6 Å². The quantitative estimate of drug-likeness (QED) is 0.846. The van der Waals surface area contributed by atoms with Crippen molar-refractivity contribution in [3.05, 3.63) is 21.9 Å². The van der Waals surface area contributed by atoms with Gasteiger partial charge in [0.15, 0.2) is 0 Å². The fourth-order valence-corrected chi connectivity index (χ4v) is 3.68. The molecule has 2 aliphatic rings. The van der Waals surface area contributed by atoms with Gasteiger partial charge in [-0.15, -0.1) is 11.3 Å². The highest BCUT2D eigenvalue weighted by molar-refractivity contribution is 7.10. The average molecular weight is 292 g/mol. The van der Waals surface area contributed by atoms with Crippen LogP contribution < -0.4 is 5.43 Å². The number of imide groups is 1. The third kappa shape index (κ3) is 2.14. The number of hydrazine groups is 1. The Balaban J connectivity index is 1.75. The van der Waals surface area contributed by atoms with Gasteiger partial charge in [0, 0.05) is 10.3 Å². The number of nitrogens with zero attached hydrogens (tertiary/aromatic N) is 1. The Morgan fingerprint density at radius 3 is 2.35 bits per heavy atom. The second kappa shape index (κ2) is 5.01. The maximum Gasteiger partial charge on any atom is 0.271 e. The zero-order valence-corrected chi connectivity index (χ0v) is 12.0. The van der Waals surface area contributed by atoms with Crippen LogP contribution in [0.25, 0.3) is 0 Å². The minimum Gasteiger partial charge on any atom is -0.272 e. The molecule has 3 rings (SSSR count). The molecule has 1 saturated carbocycles. The maximum absolute atomic E-state index is 12.2. The van der Waals surface area contributed by atoms with E-state index < -0.39 is 5.91 Å². The molecular weight excluding hydrogens is 276 g/mol. The van der Waals surface area contributed by atoms with Crippen LogP contribution in [-0.4, -0.2) is 22.7 Å². The summed E-state index contributed by atoms with van der Waals surface area (Å²) in [6.45, 7) is 1.90. The first kappa shape index (κ1) is 13.3. The summed E-state index contributed by atoms with van der Waals surface area (Å²) in [6.07, 6.45) is 3.45. The van der Waals surface area contributed by atoms with Crippen LogP contribution >= 0.6 is 11.3 Å². The highest BCUT2D eigenvalue weighted by Gasteiger charge is 2.49. The number of aryl methyl sites for hydroxylation is 1. The van der Waals surface area contributed by atoms with E-state index in [1.165, 1.54) is 11.3 Å². The Morgan fingerprint density at radius 2 is 1.85 bits per heavy atom. The predicted molar refractivity (Wildman–Crippen MR) is 73.8 cm³/mol. The van der Waals surface area contributed by atoms with Crippen LogP contribution in [0.5, 0.6) is 0 Å². The molecule has 20 heavy (non-hydrogen) atoms. The van der Waals surface area contributed by atoms with Gasteiger partial charge in [0.2, 0.25) is 0 Å². The van der Waals surface area contributed by atoms with Crippen molar-refractivity contribution >= 4 is 29.1 Å². The van der Waals surface area contributed by atoms with Gasteiger partial charge in [0.25, 0.3) is 17.7 Å². The lowest BCUT2D eigenvalue weighted by Gasteiger charge is -2.19. The minimum absolute atomic E-state index is 0.235. The number of thiophene rings is 1. The molecule has 2 atom stereocenters. The molecule has 2 heterocycles. The van der Waals surface area contributed by atoms with E-state index in [0.29, 0.717) is 5.56 Å². The standard InChI is InChI=1S/C14H16N2O3S/c1-8-6-9(7-20-8)12(17)15-16-13(18)10-4-2-3-5-11(10)14(16)19/h6-7,10-11H,2-5H2,1H3,(H,15,17)/t10-,11-/m0/s1. The number of carbonyl (C=O) groups excluding carboxylic acids is 3. The van der Waals surface area contributed by atoms with Crippen LogP contribution in [-0.2, 0) is 9.59 Å². The van der Waals surface area contributed by atoms with E-state index in [1.54, 1.807) is 11.4 Å². The van der Waals surface area contributed by atoms with Crippen LogP contribution in [0.15, 0.2) is 11.4 Å². The molecule has 106 valence electrons. The zero-order valence-electron chi connectivity index (χ0n) is 11.2. The number of rotatable bonds is 2. The van der Waals surface area contributed by atoms with Crippen LogP contribution in [0.1, 0.15) is 40.9 Å². The first-order chi connectivity index (χ1) is 9.58. The van der Waals surface area contributed by atoms with Gasteiger partial charge >= 0.3 is 0 Å². The van der Waals surface area contributed by atoms with E-state index in [4.69, 9.17) is 0 Å². The molecule has 0 aromatic carbocycles. The average Bonchev–Trinajstić information content (AvgIpc) is 2.98. The molecule has 0 spiro atoms. The highest BCUT2D eigenvalue weighted by atomic mass is 32.1. The van der Waals surface area contributed by atoms with Crippen molar-refractivity contribution in [1.29, 1.82) is 0 Å². The van der Waals surface area contributed by atoms with Gasteiger partial charge in [-0.1, -0.05) is 12.8 Å². The molecule has 0 bridgehead atoms. The topological polar surface area (TPSA) is 66.5 Å². The SMILES string of the molecule is Cc1cc(C(=O)NN2C(=O)[C@H]3CCCC[C@@H]3C2=O)cs1. The molecule has 0 unspecified atom stereocenters. The normalized spacial score (nSPS) is 25.8. The van der Waals surface area contributed by atoms with Gasteiger partial charge < -0.3 is 0 Å². The lowest BCUT2D eigenvalue weighted by Crippen LogP contribution is -2.46.